The molecule has 1 aromatic rings. The first-order valence-electron chi connectivity index (χ1n) is 7.63. The maximum Gasteiger partial charge on any atom is 0.255 e. The van der Waals surface area contributed by atoms with Gasteiger partial charge in [0, 0.05) is 19.1 Å². The van der Waals surface area contributed by atoms with Crippen LogP contribution in [0.5, 0.6) is 5.75 Å². The van der Waals surface area contributed by atoms with Crippen LogP contribution in [0, 0.1) is 0 Å². The molecule has 1 atom stereocenters. The summed E-state index contributed by atoms with van der Waals surface area (Å²) in [5, 5.41) is 3.62. The average molecular weight is 291 g/mol. The van der Waals surface area contributed by atoms with E-state index in [0.717, 1.165) is 19.6 Å². The van der Waals surface area contributed by atoms with Crippen LogP contribution in [0.15, 0.2) is 24.3 Å². The van der Waals surface area contributed by atoms with Crippen molar-refractivity contribution in [1.82, 2.24) is 10.2 Å². The third-order valence-corrected chi connectivity index (χ3v) is 3.85. The molecule has 1 aliphatic rings. The van der Waals surface area contributed by atoms with Gasteiger partial charge in [-0.25, -0.2) is 0 Å². The molecule has 0 aromatic heterocycles. The molecule has 0 aliphatic carbocycles. The zero-order chi connectivity index (χ0) is 15.1. The maximum atomic E-state index is 10.7. The molecular formula is C16H25N3O2. The van der Waals surface area contributed by atoms with Gasteiger partial charge in [0.2, 0.25) is 0 Å². The summed E-state index contributed by atoms with van der Waals surface area (Å²) in [4.78, 5) is 13.1. The molecule has 1 aliphatic heterocycles. The van der Waals surface area contributed by atoms with Gasteiger partial charge in [0.25, 0.3) is 5.91 Å². The molecule has 0 saturated carbocycles. The predicted molar refractivity (Wildman–Crippen MR) is 83.1 cm³/mol. The number of rotatable bonds is 7. The van der Waals surface area contributed by atoms with Crippen molar-refractivity contribution in [3.8, 4) is 5.75 Å². The van der Waals surface area contributed by atoms with Gasteiger partial charge in [0.15, 0.2) is 6.61 Å². The Morgan fingerprint density at radius 1 is 1.43 bits per heavy atom. The summed E-state index contributed by atoms with van der Waals surface area (Å²) in [7, 11) is 0. The summed E-state index contributed by atoms with van der Waals surface area (Å²) < 4.78 is 5.24. The first kappa shape index (κ1) is 15.8. The van der Waals surface area contributed by atoms with Crippen molar-refractivity contribution in [2.75, 3.05) is 26.2 Å². The van der Waals surface area contributed by atoms with Gasteiger partial charge in [-0.3, -0.25) is 4.79 Å². The number of ether oxygens (including phenoxy) is 1. The fourth-order valence-electron chi connectivity index (χ4n) is 2.63. The van der Waals surface area contributed by atoms with E-state index >= 15 is 0 Å². The van der Waals surface area contributed by atoms with E-state index < -0.39 is 5.91 Å². The lowest BCUT2D eigenvalue weighted by molar-refractivity contribution is -0.119. The van der Waals surface area contributed by atoms with Gasteiger partial charge in [0.05, 0.1) is 0 Å². The molecule has 5 heteroatoms. The summed E-state index contributed by atoms with van der Waals surface area (Å²) in [6, 6.07) is 8.36. The molecule has 5 nitrogen and oxygen atoms in total. The number of primary amides is 1. The number of benzene rings is 1. The predicted octanol–water partition coefficient (Wildman–Crippen LogP) is 1.12. The second-order valence-electron chi connectivity index (χ2n) is 5.51. The number of nitrogens with zero attached hydrogens (tertiary/aromatic N) is 1. The largest absolute Gasteiger partial charge is 0.484 e. The summed E-state index contributed by atoms with van der Waals surface area (Å²) in [6.07, 6.45) is 2.52. The number of nitrogens with two attached hydrogens (primary N) is 1. The van der Waals surface area contributed by atoms with Gasteiger partial charge >= 0.3 is 0 Å². The lowest BCUT2D eigenvalue weighted by Crippen LogP contribution is -2.45. The number of carbonyl (C=O) groups excluding carboxylic acids is 1. The Hall–Kier alpha value is -1.59. The van der Waals surface area contributed by atoms with E-state index in [9.17, 15) is 4.79 Å². The minimum absolute atomic E-state index is 0.0769. The molecule has 1 amide bonds. The Morgan fingerprint density at radius 2 is 2.19 bits per heavy atom. The molecule has 116 valence electrons. The van der Waals surface area contributed by atoms with Crippen LogP contribution in [0.2, 0.25) is 0 Å². The van der Waals surface area contributed by atoms with Crippen LogP contribution < -0.4 is 15.8 Å². The number of hydrogen-bond acceptors (Lipinski definition) is 4. The Bertz CT molecular complexity index is 447. The molecular weight excluding hydrogens is 266 g/mol. The standard InChI is InChI=1S/C16H25N3O2/c1-2-19-9-3-4-14(11-19)18-10-13-5-7-15(8-6-13)21-12-16(17)20/h5-8,14,18H,2-4,9-12H2,1H3,(H2,17,20). The van der Waals surface area contributed by atoms with Crippen LogP contribution in [-0.2, 0) is 11.3 Å². The average Bonchev–Trinajstić information content (AvgIpc) is 2.52. The third-order valence-electron chi connectivity index (χ3n) is 3.85. The van der Waals surface area contributed by atoms with Gasteiger partial charge in [-0.05, 0) is 43.6 Å². The molecule has 3 N–H and O–H groups in total. The van der Waals surface area contributed by atoms with Gasteiger partial charge < -0.3 is 20.7 Å². The van der Waals surface area contributed by atoms with Crippen molar-refractivity contribution in [3.63, 3.8) is 0 Å². The monoisotopic (exact) mass is 291 g/mol. The minimum atomic E-state index is -0.460. The number of amides is 1. The van der Waals surface area contributed by atoms with E-state index in [0.29, 0.717) is 11.8 Å². The quantitative estimate of drug-likeness (QED) is 0.790. The molecule has 1 heterocycles. The topological polar surface area (TPSA) is 67.6 Å². The molecule has 2 rings (SSSR count). The normalized spacial score (nSPS) is 19.4. The van der Waals surface area contributed by atoms with Gasteiger partial charge in [-0.2, -0.15) is 0 Å². The smallest absolute Gasteiger partial charge is 0.255 e. The van der Waals surface area contributed by atoms with E-state index in [2.05, 4.69) is 17.1 Å². The molecule has 0 radical (unpaired) electrons. The van der Waals surface area contributed by atoms with Crippen molar-refractivity contribution in [1.29, 1.82) is 0 Å². The van der Waals surface area contributed by atoms with Crippen LogP contribution in [0.1, 0.15) is 25.3 Å². The molecule has 0 bridgehead atoms. The number of piperidine rings is 1. The highest BCUT2D eigenvalue weighted by atomic mass is 16.5. The molecule has 21 heavy (non-hydrogen) atoms. The second-order valence-corrected chi connectivity index (χ2v) is 5.51. The fraction of sp³-hybridized carbons (Fsp3) is 0.562. The van der Waals surface area contributed by atoms with E-state index in [-0.39, 0.29) is 6.61 Å². The first-order chi connectivity index (χ1) is 10.2. The molecule has 1 saturated heterocycles. The highest BCUT2D eigenvalue weighted by Crippen LogP contribution is 2.14. The first-order valence-corrected chi connectivity index (χ1v) is 7.63. The van der Waals surface area contributed by atoms with Crippen LogP contribution >= 0.6 is 0 Å². The Morgan fingerprint density at radius 3 is 2.86 bits per heavy atom. The highest BCUT2D eigenvalue weighted by molar-refractivity contribution is 5.75. The third kappa shape index (κ3) is 5.36. The second kappa shape index (κ2) is 8.00. The van der Waals surface area contributed by atoms with Crippen molar-refractivity contribution >= 4 is 5.91 Å². The van der Waals surface area contributed by atoms with Crippen LogP contribution in [0.25, 0.3) is 0 Å². The number of likely N-dealkylation sites (N-methyl/N-ethyl adjacent to an activating group) is 1. The fourth-order valence-corrected chi connectivity index (χ4v) is 2.63. The van der Waals surface area contributed by atoms with Gasteiger partial charge in [-0.1, -0.05) is 19.1 Å². The SMILES string of the molecule is CCN1CCCC(NCc2ccc(OCC(N)=O)cc2)C1. The minimum Gasteiger partial charge on any atom is -0.484 e. The van der Waals surface area contributed by atoms with Crippen molar-refractivity contribution in [3.05, 3.63) is 29.8 Å². The molecule has 0 spiro atoms. The number of carbonyl (C=O) groups is 1. The van der Waals surface area contributed by atoms with Gasteiger partial charge in [-0.15, -0.1) is 0 Å². The zero-order valence-electron chi connectivity index (χ0n) is 12.7. The Balaban J connectivity index is 1.76. The van der Waals surface area contributed by atoms with E-state index in [4.69, 9.17) is 10.5 Å². The summed E-state index contributed by atoms with van der Waals surface area (Å²) in [5.41, 5.74) is 6.26. The van der Waals surface area contributed by atoms with Crippen LogP contribution in [0.3, 0.4) is 0 Å². The summed E-state index contributed by atoms with van der Waals surface area (Å²) in [6.45, 7) is 6.49. The Kier molecular flexibility index (Phi) is 6.02. The van der Waals surface area contributed by atoms with E-state index in [1.54, 1.807) is 0 Å². The number of nitrogens with one attached hydrogen (secondary N) is 1. The van der Waals surface area contributed by atoms with Crippen LogP contribution in [-0.4, -0.2) is 43.1 Å². The maximum absolute atomic E-state index is 10.7. The summed E-state index contributed by atoms with van der Waals surface area (Å²) in [5.74, 6) is 0.214. The van der Waals surface area contributed by atoms with Crippen molar-refractivity contribution in [2.45, 2.75) is 32.4 Å². The van der Waals surface area contributed by atoms with Crippen molar-refractivity contribution in [2.24, 2.45) is 5.73 Å². The molecule has 1 fully saturated rings. The lowest BCUT2D eigenvalue weighted by Gasteiger charge is -2.32. The molecule has 1 aromatic carbocycles. The van der Waals surface area contributed by atoms with Gasteiger partial charge in [0.1, 0.15) is 5.75 Å². The van der Waals surface area contributed by atoms with Crippen LogP contribution in [0.4, 0.5) is 0 Å². The number of hydrogen-bond donors (Lipinski definition) is 2. The highest BCUT2D eigenvalue weighted by Gasteiger charge is 2.17. The summed E-state index contributed by atoms with van der Waals surface area (Å²) >= 11 is 0. The zero-order valence-corrected chi connectivity index (χ0v) is 12.7. The molecule has 1 unspecified atom stereocenters. The van der Waals surface area contributed by atoms with Crippen molar-refractivity contribution < 1.29 is 9.53 Å². The Labute approximate surface area is 126 Å². The lowest BCUT2D eigenvalue weighted by atomic mass is 10.1. The number of likely N-dealkylation sites (tertiary alicyclic amines) is 1. The van der Waals surface area contributed by atoms with E-state index in [1.165, 1.54) is 24.9 Å². The van der Waals surface area contributed by atoms with E-state index in [1.807, 2.05) is 24.3 Å².